The van der Waals surface area contributed by atoms with Crippen LogP contribution >= 0.6 is 0 Å². The first-order valence-electron chi connectivity index (χ1n) is 4.38. The molecule has 3 N–H and O–H groups in total. The van der Waals surface area contributed by atoms with E-state index in [2.05, 4.69) is 10.2 Å². The molecule has 0 saturated carbocycles. The number of aryl methyl sites for hydroxylation is 1. The number of aromatic nitrogens is 2. The number of nitrogens with zero attached hydrogens (tertiary/aromatic N) is 1. The maximum atomic E-state index is 12.5. The van der Waals surface area contributed by atoms with Crippen molar-refractivity contribution < 1.29 is 13.2 Å². The summed E-state index contributed by atoms with van der Waals surface area (Å²) in [5, 5.41) is 5.73. The van der Waals surface area contributed by atoms with Crippen LogP contribution < -0.4 is 5.73 Å². The van der Waals surface area contributed by atoms with Gasteiger partial charge in [-0.15, -0.1) is 0 Å². The van der Waals surface area contributed by atoms with Gasteiger partial charge >= 0.3 is 6.18 Å². The Morgan fingerprint density at radius 2 is 2.21 bits per heavy atom. The van der Waals surface area contributed by atoms with Crippen molar-refractivity contribution in [1.29, 1.82) is 0 Å². The second-order valence-electron chi connectivity index (χ2n) is 3.43. The minimum absolute atomic E-state index is 0.194. The van der Waals surface area contributed by atoms with E-state index in [1.54, 1.807) is 0 Å². The van der Waals surface area contributed by atoms with Crippen LogP contribution in [-0.4, -0.2) is 16.7 Å². The molecule has 0 aromatic carbocycles. The molecule has 0 bridgehead atoms. The molecular formula is C8H10F3N3. The lowest BCUT2D eigenvalue weighted by atomic mass is 10.0. The normalized spacial score (nSPS) is 21.3. The van der Waals surface area contributed by atoms with Gasteiger partial charge in [-0.05, 0) is 19.4 Å². The highest BCUT2D eigenvalue weighted by Gasteiger charge is 2.41. The fourth-order valence-electron chi connectivity index (χ4n) is 1.93. The average Bonchev–Trinajstić information content (AvgIpc) is 2.59. The van der Waals surface area contributed by atoms with Crippen molar-refractivity contribution in [2.45, 2.75) is 24.9 Å². The van der Waals surface area contributed by atoms with Crippen LogP contribution in [0.3, 0.4) is 0 Å². The van der Waals surface area contributed by atoms with E-state index >= 15 is 0 Å². The number of halogens is 3. The lowest BCUT2D eigenvalue weighted by molar-refractivity contribution is -0.141. The molecule has 0 spiro atoms. The van der Waals surface area contributed by atoms with Crippen LogP contribution in [0.5, 0.6) is 0 Å². The predicted molar refractivity (Wildman–Crippen MR) is 43.7 cm³/mol. The van der Waals surface area contributed by atoms with Crippen molar-refractivity contribution in [3.63, 3.8) is 0 Å². The van der Waals surface area contributed by atoms with Crippen LogP contribution in [0.2, 0.25) is 0 Å². The summed E-state index contributed by atoms with van der Waals surface area (Å²) in [6.07, 6.45) is -3.08. The van der Waals surface area contributed by atoms with Gasteiger partial charge in [0.1, 0.15) is 0 Å². The van der Waals surface area contributed by atoms with Crippen LogP contribution in [0.1, 0.15) is 29.3 Å². The molecule has 0 saturated heterocycles. The molecule has 1 atom stereocenters. The van der Waals surface area contributed by atoms with Crippen molar-refractivity contribution in [2.75, 3.05) is 6.54 Å². The van der Waals surface area contributed by atoms with Gasteiger partial charge in [0.2, 0.25) is 0 Å². The third-order valence-corrected chi connectivity index (χ3v) is 2.59. The highest BCUT2D eigenvalue weighted by Crippen LogP contribution is 2.40. The van der Waals surface area contributed by atoms with Gasteiger partial charge in [0.15, 0.2) is 5.69 Å². The number of aromatic amines is 1. The van der Waals surface area contributed by atoms with Crippen LogP contribution in [0.25, 0.3) is 0 Å². The molecule has 2 rings (SSSR count). The second kappa shape index (κ2) is 2.98. The number of nitrogens with one attached hydrogen (secondary N) is 1. The van der Waals surface area contributed by atoms with Crippen molar-refractivity contribution >= 4 is 0 Å². The van der Waals surface area contributed by atoms with Gasteiger partial charge < -0.3 is 5.73 Å². The van der Waals surface area contributed by atoms with Crippen molar-refractivity contribution in [1.82, 2.24) is 10.2 Å². The van der Waals surface area contributed by atoms with Crippen molar-refractivity contribution in [3.8, 4) is 0 Å². The number of nitrogens with two attached hydrogens (primary N) is 1. The van der Waals surface area contributed by atoms with E-state index in [4.69, 9.17) is 5.73 Å². The molecule has 1 aromatic rings. The van der Waals surface area contributed by atoms with Crippen molar-refractivity contribution in [2.24, 2.45) is 5.73 Å². The van der Waals surface area contributed by atoms with Gasteiger partial charge in [-0.25, -0.2) is 0 Å². The summed E-state index contributed by atoms with van der Waals surface area (Å²) in [4.78, 5) is 0. The quantitative estimate of drug-likeness (QED) is 0.728. The molecule has 0 radical (unpaired) electrons. The van der Waals surface area contributed by atoms with E-state index in [0.717, 1.165) is 0 Å². The lowest BCUT2D eigenvalue weighted by Crippen LogP contribution is -2.15. The number of H-pyrrole nitrogens is 1. The molecule has 1 aliphatic rings. The number of hydrogen-bond donors (Lipinski definition) is 2. The Morgan fingerprint density at radius 1 is 1.50 bits per heavy atom. The van der Waals surface area contributed by atoms with Crippen LogP contribution in [0.15, 0.2) is 0 Å². The number of rotatable bonds is 1. The van der Waals surface area contributed by atoms with E-state index in [-0.39, 0.29) is 18.0 Å². The standard InChI is InChI=1S/C8H10F3N3/c9-8(10,11)7-6-4(3-12)1-2-5(6)13-14-7/h4H,1-3,12H2,(H,13,14). The van der Waals surface area contributed by atoms with Gasteiger partial charge in [-0.3, -0.25) is 5.10 Å². The van der Waals surface area contributed by atoms with E-state index < -0.39 is 11.9 Å². The Balaban J connectivity index is 2.45. The molecule has 1 aliphatic carbocycles. The fraction of sp³-hybridized carbons (Fsp3) is 0.625. The minimum Gasteiger partial charge on any atom is -0.330 e. The summed E-state index contributed by atoms with van der Waals surface area (Å²) in [5.41, 5.74) is 5.49. The smallest absolute Gasteiger partial charge is 0.330 e. The van der Waals surface area contributed by atoms with Crippen LogP contribution in [0, 0.1) is 0 Å². The highest BCUT2D eigenvalue weighted by atomic mass is 19.4. The Bertz CT molecular complexity index is 342. The molecule has 1 unspecified atom stereocenters. The average molecular weight is 205 g/mol. The van der Waals surface area contributed by atoms with Gasteiger partial charge in [0, 0.05) is 17.2 Å². The first-order valence-corrected chi connectivity index (χ1v) is 4.38. The monoisotopic (exact) mass is 205 g/mol. The SMILES string of the molecule is NCC1CCc2[nH]nc(C(F)(F)F)c21. The molecule has 0 amide bonds. The third-order valence-electron chi connectivity index (χ3n) is 2.59. The Labute approximate surface area is 78.5 Å². The maximum Gasteiger partial charge on any atom is 0.435 e. The molecular weight excluding hydrogens is 195 g/mol. The molecule has 6 heteroatoms. The van der Waals surface area contributed by atoms with Crippen LogP contribution in [-0.2, 0) is 12.6 Å². The van der Waals surface area contributed by atoms with E-state index in [1.165, 1.54) is 0 Å². The van der Waals surface area contributed by atoms with Crippen LogP contribution in [0.4, 0.5) is 13.2 Å². The summed E-state index contributed by atoms with van der Waals surface area (Å²) >= 11 is 0. The molecule has 78 valence electrons. The molecule has 1 aromatic heterocycles. The molecule has 0 fully saturated rings. The summed E-state index contributed by atoms with van der Waals surface area (Å²) in [6.45, 7) is 0.246. The van der Waals surface area contributed by atoms with E-state index in [0.29, 0.717) is 18.5 Å². The predicted octanol–water partition coefficient (Wildman–Crippen LogP) is 1.42. The largest absolute Gasteiger partial charge is 0.435 e. The Morgan fingerprint density at radius 3 is 2.79 bits per heavy atom. The van der Waals surface area contributed by atoms with Gasteiger partial charge in [-0.1, -0.05) is 0 Å². The lowest BCUT2D eigenvalue weighted by Gasteiger charge is -2.10. The molecule has 0 aliphatic heterocycles. The maximum absolute atomic E-state index is 12.5. The van der Waals surface area contributed by atoms with Gasteiger partial charge in [0.05, 0.1) is 0 Å². The first-order chi connectivity index (χ1) is 6.54. The summed E-state index contributed by atoms with van der Waals surface area (Å²) < 4.78 is 37.4. The van der Waals surface area contributed by atoms with E-state index in [1.807, 2.05) is 0 Å². The zero-order valence-electron chi connectivity index (χ0n) is 7.36. The minimum atomic E-state index is -4.37. The first kappa shape index (κ1) is 9.51. The zero-order chi connectivity index (χ0) is 10.3. The number of alkyl halides is 3. The molecule has 3 nitrogen and oxygen atoms in total. The Kier molecular flexibility index (Phi) is 2.02. The van der Waals surface area contributed by atoms with Crippen molar-refractivity contribution in [3.05, 3.63) is 17.0 Å². The fourth-order valence-corrected chi connectivity index (χ4v) is 1.93. The zero-order valence-corrected chi connectivity index (χ0v) is 7.36. The second-order valence-corrected chi connectivity index (χ2v) is 3.43. The number of hydrogen-bond acceptors (Lipinski definition) is 2. The topological polar surface area (TPSA) is 54.7 Å². The number of fused-ring (bicyclic) bond motifs is 1. The molecule has 1 heterocycles. The summed E-state index contributed by atoms with van der Waals surface area (Å²) in [7, 11) is 0. The molecule has 14 heavy (non-hydrogen) atoms. The Hall–Kier alpha value is -1.04. The summed E-state index contributed by atoms with van der Waals surface area (Å²) in [6, 6.07) is 0. The highest BCUT2D eigenvalue weighted by molar-refractivity contribution is 5.35. The van der Waals surface area contributed by atoms with Gasteiger partial charge in [-0.2, -0.15) is 18.3 Å². The van der Waals surface area contributed by atoms with E-state index in [9.17, 15) is 13.2 Å². The third kappa shape index (κ3) is 1.30. The van der Waals surface area contributed by atoms with Gasteiger partial charge in [0.25, 0.3) is 0 Å². The summed E-state index contributed by atoms with van der Waals surface area (Å²) in [5.74, 6) is -0.194.